The summed E-state index contributed by atoms with van der Waals surface area (Å²) in [4.78, 5) is 12.3. The standard InChI is InChI=1S/C65H65IN4S3/c1-43-22-28-55(68(50-30-24-47(25-31-50)64(4,5)6)52-15-11-19-58(37-52)71-57-18-10-14-49(36-57)67-42-43)34-46-35-61(73-66)41-63(45(46)3)70-54-17-13-21-60(39-54)72-59-20-12-16-53(38-59)69(56-29-23-44(2)62(70)40-56)51-32-26-48(27-33-51)65(7,8)9/h10,12-14,16-18,20-42,58,67H,11,15,19H2,1-9H3/b28-22-,43-42+,55-34+. The molecule has 0 amide bonds. The van der Waals surface area contributed by atoms with Gasteiger partial charge in [-0.1, -0.05) is 123 Å². The lowest BCUT2D eigenvalue weighted by atomic mass is 9.87. The van der Waals surface area contributed by atoms with Crippen LogP contribution in [0.2, 0.25) is 0 Å². The summed E-state index contributed by atoms with van der Waals surface area (Å²) in [6, 6.07) is 57.2. The molecule has 7 aromatic rings. The summed E-state index contributed by atoms with van der Waals surface area (Å²) in [5.41, 5.74) is 18.9. The fourth-order valence-corrected chi connectivity index (χ4v) is 13.2. The van der Waals surface area contributed by atoms with Crippen molar-refractivity contribution < 1.29 is 0 Å². The maximum Gasteiger partial charge on any atom is 0.0511 e. The lowest BCUT2D eigenvalue weighted by molar-refractivity contribution is 0.590. The van der Waals surface area contributed by atoms with Crippen molar-refractivity contribution in [1.29, 1.82) is 0 Å². The molecule has 2 aliphatic heterocycles. The number of allylic oxidation sites excluding steroid dienone is 4. The van der Waals surface area contributed by atoms with Gasteiger partial charge in [-0.05, 0) is 200 Å². The molecule has 1 atom stereocenters. The SMILES string of the molecule is CC1=C\Nc2cccc(c2)SC2C=C(CCC2)N(c2ccc(C(C)(C)C)cc2)C(=C/c2cc(SI)cc(N3c4cccc(c4)Sc4cccc(c4)N(c4ccc(C(C)(C)C)cc4)c4ccc(C)c3c4)c2C)/C=C\1. The average molecular weight is 1130 g/mol. The van der Waals surface area contributed by atoms with Crippen molar-refractivity contribution >= 4 is 105 Å². The molecule has 8 heteroatoms. The Hall–Kier alpha value is -5.52. The molecule has 7 aromatic carbocycles. The lowest BCUT2D eigenvalue weighted by Gasteiger charge is -2.34. The number of thioether (sulfide) groups is 1. The Balaban J connectivity index is 1.18. The van der Waals surface area contributed by atoms with E-state index in [1.807, 2.05) is 23.5 Å². The smallest absolute Gasteiger partial charge is 0.0511 e. The highest BCUT2D eigenvalue weighted by atomic mass is 127. The summed E-state index contributed by atoms with van der Waals surface area (Å²) in [7, 11) is 1.77. The van der Waals surface area contributed by atoms with E-state index in [1.165, 1.54) is 58.8 Å². The first kappa shape index (κ1) is 51.0. The van der Waals surface area contributed by atoms with Crippen molar-refractivity contribution in [2.24, 2.45) is 0 Å². The van der Waals surface area contributed by atoms with E-state index in [-0.39, 0.29) is 10.8 Å². The number of benzene rings is 7. The van der Waals surface area contributed by atoms with E-state index in [9.17, 15) is 0 Å². The molecule has 0 radical (unpaired) electrons. The molecule has 10 rings (SSSR count). The third-order valence-corrected chi connectivity index (χ3v) is 18.2. The number of nitrogens with one attached hydrogen (secondary N) is 1. The van der Waals surface area contributed by atoms with Gasteiger partial charge in [-0.25, -0.2) is 0 Å². The minimum atomic E-state index is 0.0372. The number of nitrogens with zero attached hydrogens (tertiary/aromatic N) is 3. The van der Waals surface area contributed by atoms with Crippen molar-refractivity contribution in [3.05, 3.63) is 221 Å². The topological polar surface area (TPSA) is 21.8 Å². The maximum atomic E-state index is 3.61. The summed E-state index contributed by atoms with van der Waals surface area (Å²) < 4.78 is 0. The van der Waals surface area contributed by atoms with Crippen LogP contribution in [-0.2, 0) is 10.8 Å². The Morgan fingerprint density at radius 2 is 1.21 bits per heavy atom. The molecule has 10 bridgehead atoms. The van der Waals surface area contributed by atoms with Crippen LogP contribution in [0.3, 0.4) is 0 Å². The number of hydrogen-bond donors (Lipinski definition) is 1. The molecule has 0 fully saturated rings. The van der Waals surface area contributed by atoms with Gasteiger partial charge in [0.1, 0.15) is 0 Å². The molecule has 370 valence electrons. The van der Waals surface area contributed by atoms with Crippen LogP contribution in [0.25, 0.3) is 6.08 Å². The van der Waals surface area contributed by atoms with Crippen LogP contribution in [0.4, 0.5) is 45.5 Å². The van der Waals surface area contributed by atoms with E-state index in [2.05, 4.69) is 286 Å². The van der Waals surface area contributed by atoms with Gasteiger partial charge in [-0.2, -0.15) is 0 Å². The van der Waals surface area contributed by atoms with Crippen LogP contribution in [0.5, 0.6) is 0 Å². The largest absolute Gasteiger partial charge is 0.361 e. The fourth-order valence-electron chi connectivity index (χ4n) is 9.95. The van der Waals surface area contributed by atoms with E-state index in [0.29, 0.717) is 5.25 Å². The molecule has 73 heavy (non-hydrogen) atoms. The number of hydrogen-bond acceptors (Lipinski definition) is 7. The van der Waals surface area contributed by atoms with E-state index in [0.717, 1.165) is 70.3 Å². The molecule has 1 N–H and O–H groups in total. The van der Waals surface area contributed by atoms with Gasteiger partial charge < -0.3 is 20.0 Å². The number of aryl methyl sites for hydroxylation is 1. The van der Waals surface area contributed by atoms with Crippen molar-refractivity contribution in [3.8, 4) is 0 Å². The van der Waals surface area contributed by atoms with Crippen molar-refractivity contribution in [2.75, 3.05) is 20.0 Å². The van der Waals surface area contributed by atoms with Crippen LogP contribution < -0.4 is 20.0 Å². The Labute approximate surface area is 459 Å². The number of anilines is 8. The first-order valence-corrected chi connectivity index (χ1v) is 30.5. The van der Waals surface area contributed by atoms with Crippen molar-refractivity contribution in [1.82, 2.24) is 0 Å². The monoisotopic (exact) mass is 1120 g/mol. The van der Waals surface area contributed by atoms with Gasteiger partial charge >= 0.3 is 0 Å². The van der Waals surface area contributed by atoms with Gasteiger partial charge in [0.15, 0.2) is 0 Å². The van der Waals surface area contributed by atoms with Gasteiger partial charge in [0.05, 0.1) is 11.4 Å². The molecular weight excluding hydrogens is 1060 g/mol. The second-order valence-corrected chi connectivity index (χ2v) is 26.0. The molecule has 3 aliphatic rings. The van der Waals surface area contributed by atoms with Crippen molar-refractivity contribution in [2.45, 2.75) is 117 Å². The van der Waals surface area contributed by atoms with Gasteiger partial charge in [0.25, 0.3) is 0 Å². The molecule has 4 nitrogen and oxygen atoms in total. The zero-order valence-electron chi connectivity index (χ0n) is 43.5. The third-order valence-electron chi connectivity index (χ3n) is 14.0. The molecule has 2 heterocycles. The minimum Gasteiger partial charge on any atom is -0.361 e. The van der Waals surface area contributed by atoms with Crippen LogP contribution in [0.15, 0.2) is 213 Å². The van der Waals surface area contributed by atoms with Crippen molar-refractivity contribution in [3.63, 3.8) is 0 Å². The molecule has 0 aromatic heterocycles. The molecule has 0 saturated heterocycles. The summed E-state index contributed by atoms with van der Waals surface area (Å²) in [6.07, 6.45) is 15.0. The summed E-state index contributed by atoms with van der Waals surface area (Å²) in [5, 5.41) is 3.95. The number of halogens is 1. The first-order chi connectivity index (χ1) is 35.1. The lowest BCUT2D eigenvalue weighted by Crippen LogP contribution is -2.25. The van der Waals surface area contributed by atoms with Crippen LogP contribution in [0, 0.1) is 13.8 Å². The second kappa shape index (κ2) is 21.4. The Bertz CT molecular complexity index is 3300. The highest BCUT2D eigenvalue weighted by Crippen LogP contribution is 2.48. The summed E-state index contributed by atoms with van der Waals surface area (Å²) in [6.45, 7) is 20.5. The maximum absolute atomic E-state index is 3.61. The Morgan fingerprint density at radius 1 is 0.603 bits per heavy atom. The average Bonchev–Trinajstić information content (AvgIpc) is 3.37. The van der Waals surface area contributed by atoms with Gasteiger partial charge in [-0.15, -0.1) is 11.8 Å². The predicted molar refractivity (Wildman–Crippen MR) is 328 cm³/mol. The van der Waals surface area contributed by atoms with Crippen LogP contribution >= 0.6 is 53.7 Å². The molecular formula is C65H65IN4S3. The zero-order chi connectivity index (χ0) is 51.0. The number of fused-ring (bicyclic) bond motifs is 9. The quantitative estimate of drug-likeness (QED) is 0.171. The Morgan fingerprint density at radius 3 is 1.86 bits per heavy atom. The molecule has 0 saturated carbocycles. The summed E-state index contributed by atoms with van der Waals surface area (Å²) >= 11 is 6.25. The predicted octanol–water partition coefficient (Wildman–Crippen LogP) is 20.7. The highest BCUT2D eigenvalue weighted by Gasteiger charge is 2.27. The molecule has 1 unspecified atom stereocenters. The fraction of sp³-hybridized carbons (Fsp3) is 0.231. The first-order valence-electron chi connectivity index (χ1n) is 25.4. The molecule has 0 spiro atoms. The highest BCUT2D eigenvalue weighted by molar-refractivity contribution is 14.2. The van der Waals surface area contributed by atoms with Crippen LogP contribution in [-0.4, -0.2) is 5.25 Å². The van der Waals surface area contributed by atoms with E-state index in [1.54, 1.807) is 8.93 Å². The molecule has 1 aliphatic carbocycles. The third kappa shape index (κ3) is 11.4. The Kier molecular flexibility index (Phi) is 14.9. The van der Waals surface area contributed by atoms with E-state index < -0.39 is 0 Å². The van der Waals surface area contributed by atoms with Gasteiger partial charge in [0.2, 0.25) is 0 Å². The zero-order valence-corrected chi connectivity index (χ0v) is 48.1. The van der Waals surface area contributed by atoms with E-state index >= 15 is 0 Å². The van der Waals surface area contributed by atoms with Gasteiger partial charge in [-0.3, -0.25) is 0 Å². The van der Waals surface area contributed by atoms with Crippen LogP contribution in [0.1, 0.15) is 95.5 Å². The van der Waals surface area contributed by atoms with E-state index in [4.69, 9.17) is 0 Å². The minimum absolute atomic E-state index is 0.0372. The summed E-state index contributed by atoms with van der Waals surface area (Å²) in [5.74, 6) is 0. The van der Waals surface area contributed by atoms with Gasteiger partial charge in [0, 0.05) is 97.8 Å². The number of rotatable bonds is 5. The normalized spacial score (nSPS) is 17.9. The second-order valence-electron chi connectivity index (χ2n) is 21.6.